The monoisotopic (exact) mass is 342 g/mol. The first-order chi connectivity index (χ1) is 12.0. The van der Waals surface area contributed by atoms with Crippen molar-refractivity contribution in [2.45, 2.75) is 6.92 Å². The van der Waals surface area contributed by atoms with Gasteiger partial charge in [0, 0.05) is 17.0 Å². The van der Waals surface area contributed by atoms with Gasteiger partial charge in [0.2, 0.25) is 0 Å². The third-order valence-electron chi connectivity index (χ3n) is 3.56. The summed E-state index contributed by atoms with van der Waals surface area (Å²) in [6, 6.07) is 9.53. The lowest BCUT2D eigenvalue weighted by Crippen LogP contribution is -2.23. The fourth-order valence-electron chi connectivity index (χ4n) is 2.32. The third kappa shape index (κ3) is 3.27. The zero-order valence-electron chi connectivity index (χ0n) is 13.0. The summed E-state index contributed by atoms with van der Waals surface area (Å²) in [5.74, 6) is -2.17. The minimum absolute atomic E-state index is 0.0219. The van der Waals surface area contributed by atoms with E-state index in [1.54, 1.807) is 24.3 Å². The predicted octanol–water partition coefficient (Wildman–Crippen LogP) is 2.36. The average molecular weight is 342 g/mol. The van der Waals surface area contributed by atoms with Crippen LogP contribution in [0.2, 0.25) is 0 Å². The number of benzene rings is 2. The molecule has 25 heavy (non-hydrogen) atoms. The molecular weight excluding hydrogens is 330 g/mol. The molecular formula is C17H12F2N4O2. The summed E-state index contributed by atoms with van der Waals surface area (Å²) >= 11 is 0. The molecule has 0 unspecified atom stereocenters. The number of carbonyl (C=O) groups is 1. The molecule has 2 aromatic carbocycles. The van der Waals surface area contributed by atoms with Gasteiger partial charge in [0.1, 0.15) is 11.6 Å². The molecule has 2 N–H and O–H groups in total. The highest BCUT2D eigenvalue weighted by Crippen LogP contribution is 2.13. The van der Waals surface area contributed by atoms with Crippen LogP contribution in [0, 0.1) is 11.6 Å². The largest absolute Gasteiger partial charge is 0.292 e. The van der Waals surface area contributed by atoms with Crippen molar-refractivity contribution < 1.29 is 13.6 Å². The topological polar surface area (TPSA) is 87.2 Å². The van der Waals surface area contributed by atoms with Gasteiger partial charge in [0.15, 0.2) is 5.69 Å². The first kappa shape index (κ1) is 16.4. The molecule has 3 aromatic rings. The second-order valence-corrected chi connectivity index (χ2v) is 5.21. The standard InChI is InChI=1S/C17H12F2N4O2/c1-9(11-7-6-10(18)8-14(11)19)20-23-17(25)15-12-4-2-3-5-13(12)16(24)22-21-15/h2-8H,1H3,(H,22,24)(H,23,25)/b20-9-. The van der Waals surface area contributed by atoms with Crippen molar-refractivity contribution in [2.75, 3.05) is 0 Å². The highest BCUT2D eigenvalue weighted by Gasteiger charge is 2.14. The molecule has 8 heteroatoms. The van der Waals surface area contributed by atoms with E-state index in [2.05, 4.69) is 20.7 Å². The minimum atomic E-state index is -0.789. The van der Waals surface area contributed by atoms with Crippen molar-refractivity contribution in [3.63, 3.8) is 0 Å². The number of hydrogen-bond acceptors (Lipinski definition) is 4. The molecule has 0 bridgehead atoms. The van der Waals surface area contributed by atoms with Gasteiger partial charge in [-0.2, -0.15) is 10.2 Å². The van der Waals surface area contributed by atoms with Gasteiger partial charge >= 0.3 is 0 Å². The van der Waals surface area contributed by atoms with Crippen LogP contribution in [0.25, 0.3) is 10.8 Å². The van der Waals surface area contributed by atoms with Crippen LogP contribution in [0.1, 0.15) is 23.0 Å². The SMILES string of the molecule is C/C(=N/NC(=O)c1n[nH]c(=O)c2ccccc12)c1ccc(F)cc1F. The Hall–Kier alpha value is -3.42. The van der Waals surface area contributed by atoms with Crippen molar-refractivity contribution in [3.8, 4) is 0 Å². The van der Waals surface area contributed by atoms with Crippen molar-refractivity contribution in [2.24, 2.45) is 5.10 Å². The highest BCUT2D eigenvalue weighted by molar-refractivity contribution is 6.06. The van der Waals surface area contributed by atoms with Crippen LogP contribution < -0.4 is 11.0 Å². The summed E-state index contributed by atoms with van der Waals surface area (Å²) < 4.78 is 26.7. The minimum Gasteiger partial charge on any atom is -0.267 e. The molecule has 0 radical (unpaired) electrons. The van der Waals surface area contributed by atoms with Crippen molar-refractivity contribution in [1.82, 2.24) is 15.6 Å². The van der Waals surface area contributed by atoms with Crippen LogP contribution in [0.15, 0.2) is 52.4 Å². The fraction of sp³-hybridized carbons (Fsp3) is 0.0588. The maximum Gasteiger partial charge on any atom is 0.292 e. The Labute approximate surface area is 140 Å². The Kier molecular flexibility index (Phi) is 4.34. The van der Waals surface area contributed by atoms with E-state index in [9.17, 15) is 18.4 Å². The third-order valence-corrected chi connectivity index (χ3v) is 3.56. The van der Waals surface area contributed by atoms with E-state index in [0.29, 0.717) is 10.8 Å². The molecule has 6 nitrogen and oxygen atoms in total. The quantitative estimate of drug-likeness (QED) is 0.566. The molecule has 0 aliphatic rings. The molecule has 0 aliphatic heterocycles. The number of nitrogens with zero attached hydrogens (tertiary/aromatic N) is 2. The van der Waals surface area contributed by atoms with Gasteiger partial charge in [-0.25, -0.2) is 19.3 Å². The summed E-state index contributed by atoms with van der Waals surface area (Å²) in [7, 11) is 0. The number of rotatable bonds is 3. The van der Waals surface area contributed by atoms with E-state index in [0.717, 1.165) is 12.1 Å². The van der Waals surface area contributed by atoms with Crippen LogP contribution in [-0.2, 0) is 0 Å². The molecule has 0 aliphatic carbocycles. The summed E-state index contributed by atoms with van der Waals surface area (Å²) in [5, 5.41) is 10.5. The van der Waals surface area contributed by atoms with E-state index in [1.807, 2.05) is 0 Å². The maximum absolute atomic E-state index is 13.7. The molecule has 3 rings (SSSR count). The number of carbonyl (C=O) groups excluding carboxylic acids is 1. The van der Waals surface area contributed by atoms with Gasteiger partial charge in [-0.05, 0) is 25.1 Å². The number of aromatic amines is 1. The lowest BCUT2D eigenvalue weighted by atomic mass is 10.1. The highest BCUT2D eigenvalue weighted by atomic mass is 19.1. The van der Waals surface area contributed by atoms with Crippen LogP contribution in [-0.4, -0.2) is 21.8 Å². The number of halogens is 2. The Bertz CT molecular complexity index is 1060. The van der Waals surface area contributed by atoms with E-state index in [-0.39, 0.29) is 17.0 Å². The normalized spacial score (nSPS) is 11.6. The molecule has 0 atom stereocenters. The second kappa shape index (κ2) is 6.60. The van der Waals surface area contributed by atoms with Crippen LogP contribution in [0.5, 0.6) is 0 Å². The Balaban J connectivity index is 1.90. The Morgan fingerprint density at radius 2 is 1.88 bits per heavy atom. The smallest absolute Gasteiger partial charge is 0.267 e. The number of hydrazone groups is 1. The maximum atomic E-state index is 13.7. The summed E-state index contributed by atoms with van der Waals surface area (Å²) in [6.45, 7) is 1.47. The van der Waals surface area contributed by atoms with Gasteiger partial charge in [-0.15, -0.1) is 0 Å². The molecule has 0 fully saturated rings. The Morgan fingerprint density at radius 3 is 2.60 bits per heavy atom. The second-order valence-electron chi connectivity index (χ2n) is 5.21. The predicted molar refractivity (Wildman–Crippen MR) is 88.4 cm³/mol. The van der Waals surface area contributed by atoms with E-state index in [4.69, 9.17) is 0 Å². The van der Waals surface area contributed by atoms with Crippen LogP contribution >= 0.6 is 0 Å². The zero-order valence-corrected chi connectivity index (χ0v) is 13.0. The van der Waals surface area contributed by atoms with Gasteiger partial charge < -0.3 is 0 Å². The number of amides is 1. The van der Waals surface area contributed by atoms with E-state index >= 15 is 0 Å². The zero-order chi connectivity index (χ0) is 18.0. The summed E-state index contributed by atoms with van der Waals surface area (Å²) in [6.07, 6.45) is 0. The van der Waals surface area contributed by atoms with Crippen molar-refractivity contribution in [1.29, 1.82) is 0 Å². The molecule has 126 valence electrons. The number of aromatic nitrogens is 2. The van der Waals surface area contributed by atoms with E-state index < -0.39 is 23.1 Å². The number of H-pyrrole nitrogens is 1. The molecule has 1 aromatic heterocycles. The van der Waals surface area contributed by atoms with Crippen molar-refractivity contribution in [3.05, 3.63) is 75.7 Å². The van der Waals surface area contributed by atoms with Crippen molar-refractivity contribution >= 4 is 22.4 Å². The number of hydrogen-bond donors (Lipinski definition) is 2. The first-order valence-electron chi connectivity index (χ1n) is 7.25. The lowest BCUT2D eigenvalue weighted by Gasteiger charge is -2.05. The van der Waals surface area contributed by atoms with Crippen LogP contribution in [0.4, 0.5) is 8.78 Å². The van der Waals surface area contributed by atoms with Crippen LogP contribution in [0.3, 0.4) is 0 Å². The van der Waals surface area contributed by atoms with E-state index in [1.165, 1.54) is 13.0 Å². The number of fused-ring (bicyclic) bond motifs is 1. The first-order valence-corrected chi connectivity index (χ1v) is 7.25. The molecule has 0 saturated heterocycles. The summed E-state index contributed by atoms with van der Waals surface area (Å²) in [4.78, 5) is 24.0. The van der Waals surface area contributed by atoms with Gasteiger partial charge in [0.05, 0.1) is 11.1 Å². The fourth-order valence-corrected chi connectivity index (χ4v) is 2.32. The molecule has 1 amide bonds. The van der Waals surface area contributed by atoms with Gasteiger partial charge in [0.25, 0.3) is 11.5 Å². The van der Waals surface area contributed by atoms with Gasteiger partial charge in [-0.1, -0.05) is 18.2 Å². The molecule has 1 heterocycles. The lowest BCUT2D eigenvalue weighted by molar-refractivity contribution is 0.0950. The molecule has 0 spiro atoms. The summed E-state index contributed by atoms with van der Waals surface area (Å²) in [5.41, 5.74) is 2.03. The molecule has 0 saturated carbocycles. The Morgan fingerprint density at radius 1 is 1.16 bits per heavy atom. The average Bonchev–Trinajstić information content (AvgIpc) is 2.60. The van der Waals surface area contributed by atoms with Gasteiger partial charge in [-0.3, -0.25) is 9.59 Å². The number of nitrogens with one attached hydrogen (secondary N) is 2.